The van der Waals surface area contributed by atoms with Gasteiger partial charge in [0.1, 0.15) is 36.1 Å². The summed E-state index contributed by atoms with van der Waals surface area (Å²) in [7, 11) is 0. The van der Waals surface area contributed by atoms with Crippen molar-refractivity contribution >= 4 is 29.4 Å². The smallest absolute Gasteiger partial charge is 0.251 e. The van der Waals surface area contributed by atoms with Gasteiger partial charge in [0.05, 0.1) is 12.6 Å². The number of ketones is 1. The van der Waals surface area contributed by atoms with Gasteiger partial charge in [0.2, 0.25) is 17.7 Å². The summed E-state index contributed by atoms with van der Waals surface area (Å²) >= 11 is 0. The zero-order chi connectivity index (χ0) is 42.4. The monoisotopic (exact) mass is 802 g/mol. The molecule has 0 aliphatic carbocycles. The zero-order valence-corrected chi connectivity index (χ0v) is 34.7. The molecule has 5 rings (SSSR count). The summed E-state index contributed by atoms with van der Waals surface area (Å²) in [6.07, 6.45) is 1.59. The van der Waals surface area contributed by atoms with Gasteiger partial charge in [-0.3, -0.25) is 24.0 Å². The number of epoxide rings is 1. The highest BCUT2D eigenvalue weighted by Crippen LogP contribution is 2.30. The Balaban J connectivity index is 1.32. The van der Waals surface area contributed by atoms with Crippen LogP contribution in [0.2, 0.25) is 0 Å². The second-order valence-electron chi connectivity index (χ2n) is 16.4. The van der Waals surface area contributed by atoms with Crippen molar-refractivity contribution in [3.8, 4) is 5.75 Å². The lowest BCUT2D eigenvalue weighted by atomic mass is 9.93. The number of hydrogen-bond acceptors (Lipinski definition) is 7. The van der Waals surface area contributed by atoms with Crippen molar-refractivity contribution in [2.24, 2.45) is 11.8 Å². The normalized spacial score (nSPS) is 16.6. The van der Waals surface area contributed by atoms with Crippen molar-refractivity contribution in [2.75, 3.05) is 6.61 Å². The molecule has 1 aliphatic rings. The van der Waals surface area contributed by atoms with E-state index in [0.29, 0.717) is 37.4 Å². The number of Topliss-reactive ketones (excluding diaryl/α,β-unsaturated/α-hetero) is 1. The second-order valence-corrected chi connectivity index (χ2v) is 16.4. The maximum Gasteiger partial charge on any atom is 0.251 e. The molecule has 0 spiro atoms. The third-order valence-corrected chi connectivity index (χ3v) is 10.2. The van der Waals surface area contributed by atoms with Gasteiger partial charge in [0.25, 0.3) is 5.91 Å². The number of aryl methyl sites for hydroxylation is 1. The summed E-state index contributed by atoms with van der Waals surface area (Å²) in [5.41, 5.74) is 2.21. The van der Waals surface area contributed by atoms with Gasteiger partial charge in [-0.1, -0.05) is 119 Å². The lowest BCUT2D eigenvalue weighted by molar-refractivity contribution is -0.134. The topological polar surface area (TPSA) is 155 Å². The summed E-state index contributed by atoms with van der Waals surface area (Å²) in [5, 5.41) is 11.7. The SMILES string of the molecule is CC(C)C[C@H](NC(=O)[C@H](CCc1ccccc1)NC(=O)c1ccc(OCc2ccccc2)cc1)C(=O)N[C@@H](Cc1ccccc1)C(=O)N[C@@H](CC(C)C)C(=O)[C@@]1(C)CO1. The average Bonchev–Trinajstić information content (AvgIpc) is 3.99. The van der Waals surface area contributed by atoms with Crippen LogP contribution in [0.5, 0.6) is 5.75 Å². The Hall–Kier alpha value is -5.81. The minimum absolute atomic E-state index is 0.0141. The molecule has 1 saturated heterocycles. The van der Waals surface area contributed by atoms with Gasteiger partial charge in [0, 0.05) is 12.0 Å². The Labute approximate surface area is 348 Å². The molecule has 59 heavy (non-hydrogen) atoms. The number of carbonyl (C=O) groups is 5. The summed E-state index contributed by atoms with van der Waals surface area (Å²) < 4.78 is 11.3. The largest absolute Gasteiger partial charge is 0.489 e. The van der Waals surface area contributed by atoms with Gasteiger partial charge in [0.15, 0.2) is 5.78 Å². The predicted molar refractivity (Wildman–Crippen MR) is 227 cm³/mol. The molecular weight excluding hydrogens is 745 g/mol. The molecule has 0 radical (unpaired) electrons. The first-order valence-electron chi connectivity index (χ1n) is 20.5. The van der Waals surface area contributed by atoms with Crippen LogP contribution in [0.25, 0.3) is 0 Å². The van der Waals surface area contributed by atoms with E-state index >= 15 is 0 Å². The predicted octanol–water partition coefficient (Wildman–Crippen LogP) is 6.14. The van der Waals surface area contributed by atoms with Crippen LogP contribution in [0, 0.1) is 11.8 Å². The Morgan fingerprint density at radius 1 is 0.593 bits per heavy atom. The van der Waals surface area contributed by atoms with Crippen LogP contribution in [-0.2, 0) is 43.4 Å². The highest BCUT2D eigenvalue weighted by molar-refractivity contribution is 6.00. The van der Waals surface area contributed by atoms with E-state index in [9.17, 15) is 24.0 Å². The van der Waals surface area contributed by atoms with Crippen molar-refractivity contribution in [3.63, 3.8) is 0 Å². The van der Waals surface area contributed by atoms with E-state index in [1.807, 2.05) is 119 Å². The third kappa shape index (κ3) is 13.9. The number of carbonyl (C=O) groups excluding carboxylic acids is 5. The Kier molecular flexibility index (Phi) is 16.0. The van der Waals surface area contributed by atoms with Crippen LogP contribution >= 0.6 is 0 Å². The number of benzene rings is 4. The second kappa shape index (κ2) is 21.3. The summed E-state index contributed by atoms with van der Waals surface area (Å²) in [6.45, 7) is 10.2. The molecule has 4 N–H and O–H groups in total. The Bertz CT molecular complexity index is 1980. The van der Waals surface area contributed by atoms with E-state index < -0.39 is 53.4 Å². The van der Waals surface area contributed by atoms with E-state index in [0.717, 1.165) is 16.7 Å². The van der Waals surface area contributed by atoms with Crippen LogP contribution in [0.15, 0.2) is 115 Å². The molecule has 1 heterocycles. The Morgan fingerprint density at radius 2 is 1.07 bits per heavy atom. The summed E-state index contributed by atoms with van der Waals surface area (Å²) in [5.74, 6) is -1.55. The molecule has 4 aromatic rings. The Morgan fingerprint density at radius 3 is 1.63 bits per heavy atom. The van der Waals surface area contributed by atoms with Crippen LogP contribution in [0.3, 0.4) is 0 Å². The van der Waals surface area contributed by atoms with E-state index in [4.69, 9.17) is 9.47 Å². The highest BCUT2D eigenvalue weighted by atomic mass is 16.6. The van der Waals surface area contributed by atoms with Crippen molar-refractivity contribution in [2.45, 2.75) is 103 Å². The number of amides is 4. The fourth-order valence-electron chi connectivity index (χ4n) is 6.81. The van der Waals surface area contributed by atoms with Gasteiger partial charge >= 0.3 is 0 Å². The maximum absolute atomic E-state index is 14.2. The molecule has 1 aliphatic heterocycles. The molecule has 11 nitrogen and oxygen atoms in total. The van der Waals surface area contributed by atoms with Crippen molar-refractivity contribution in [1.82, 2.24) is 21.3 Å². The molecule has 4 aromatic carbocycles. The fourth-order valence-corrected chi connectivity index (χ4v) is 6.81. The first-order chi connectivity index (χ1) is 28.3. The molecule has 0 aromatic heterocycles. The van der Waals surface area contributed by atoms with Gasteiger partial charge in [-0.25, -0.2) is 0 Å². The number of nitrogens with one attached hydrogen (secondary N) is 4. The van der Waals surface area contributed by atoms with Crippen LogP contribution < -0.4 is 26.0 Å². The van der Waals surface area contributed by atoms with Gasteiger partial charge < -0.3 is 30.7 Å². The highest BCUT2D eigenvalue weighted by Gasteiger charge is 2.50. The maximum atomic E-state index is 14.2. The van der Waals surface area contributed by atoms with Gasteiger partial charge in [-0.15, -0.1) is 0 Å². The van der Waals surface area contributed by atoms with Crippen LogP contribution in [-0.4, -0.2) is 65.8 Å². The zero-order valence-electron chi connectivity index (χ0n) is 34.7. The van der Waals surface area contributed by atoms with Crippen LogP contribution in [0.1, 0.15) is 80.9 Å². The number of rotatable bonds is 22. The quantitative estimate of drug-likeness (QED) is 0.0696. The van der Waals surface area contributed by atoms with E-state index in [1.165, 1.54) is 0 Å². The molecule has 11 heteroatoms. The standard InChI is InChI=1S/C48H58N4O7/c1-32(2)27-40(43(53)48(5)31-59-48)50-47(57)42(29-35-17-11-7-12-18-35)52-46(56)41(28-33(3)4)51-45(55)39(26-21-34-15-9-6-10-16-34)49-44(54)37-22-24-38(25-23-37)58-30-36-19-13-8-14-20-36/h6-20,22-25,32-33,39-42H,21,26-31H2,1-5H3,(H,49,54)(H,50,57)(H,51,55)(H,52,56)/t39-,40-,41-,42-,48+/m0/s1. The molecule has 5 atom stereocenters. The van der Waals surface area contributed by atoms with Crippen LogP contribution in [0.4, 0.5) is 0 Å². The lowest BCUT2D eigenvalue weighted by Gasteiger charge is -2.28. The minimum Gasteiger partial charge on any atom is -0.489 e. The van der Waals surface area contributed by atoms with Crippen molar-refractivity contribution in [3.05, 3.63) is 138 Å². The van der Waals surface area contributed by atoms with Gasteiger partial charge in [-0.2, -0.15) is 0 Å². The lowest BCUT2D eigenvalue weighted by Crippen LogP contribution is -2.59. The molecule has 312 valence electrons. The summed E-state index contributed by atoms with van der Waals surface area (Å²) in [4.78, 5) is 69.5. The molecular formula is C48H58N4O7. The summed E-state index contributed by atoms with van der Waals surface area (Å²) in [6, 6.07) is 31.5. The minimum atomic E-state index is -1.06. The van der Waals surface area contributed by atoms with E-state index in [-0.39, 0.29) is 36.9 Å². The number of ether oxygens (including phenoxy) is 2. The third-order valence-electron chi connectivity index (χ3n) is 10.2. The van der Waals surface area contributed by atoms with Crippen molar-refractivity contribution < 1.29 is 33.4 Å². The van der Waals surface area contributed by atoms with Crippen molar-refractivity contribution in [1.29, 1.82) is 0 Å². The first kappa shape index (κ1) is 44.3. The molecule has 1 fully saturated rings. The van der Waals surface area contributed by atoms with E-state index in [2.05, 4.69) is 21.3 Å². The molecule has 0 unspecified atom stereocenters. The van der Waals surface area contributed by atoms with Gasteiger partial charge in [-0.05, 0) is 85.4 Å². The first-order valence-corrected chi connectivity index (χ1v) is 20.5. The van der Waals surface area contributed by atoms with E-state index in [1.54, 1.807) is 31.2 Å². The molecule has 0 bridgehead atoms. The molecule has 0 saturated carbocycles. The average molecular weight is 803 g/mol. The number of hydrogen-bond donors (Lipinski definition) is 4. The fraction of sp³-hybridized carbons (Fsp3) is 0.396. The molecule has 4 amide bonds.